The fourth-order valence-corrected chi connectivity index (χ4v) is 4.35. The van der Waals surface area contributed by atoms with E-state index < -0.39 is 5.97 Å². The van der Waals surface area contributed by atoms with Gasteiger partial charge in [0.1, 0.15) is 0 Å². The topological polar surface area (TPSA) is 90.0 Å². The van der Waals surface area contributed by atoms with E-state index in [2.05, 4.69) is 26.1 Å². The van der Waals surface area contributed by atoms with Crippen LogP contribution in [0, 0.1) is 0 Å². The maximum absolute atomic E-state index is 13.5. The molecule has 7 nitrogen and oxygen atoms in total. The molecule has 0 bridgehead atoms. The molecule has 0 fully saturated rings. The summed E-state index contributed by atoms with van der Waals surface area (Å²) in [6.07, 6.45) is 5.76. The average Bonchev–Trinajstić information content (AvgIpc) is 2.98. The summed E-state index contributed by atoms with van der Waals surface area (Å²) < 4.78 is 0. The van der Waals surface area contributed by atoms with Crippen LogP contribution in [-0.2, 0) is 0 Å². The molecule has 3 aromatic carbocycles. The Labute approximate surface area is 237 Å². The first kappa shape index (κ1) is 30.4. The summed E-state index contributed by atoms with van der Waals surface area (Å²) in [5.41, 5.74) is 3.69. The highest BCUT2D eigenvalue weighted by atomic mass is 16.4. The number of nitrogens with zero attached hydrogens (tertiary/aromatic N) is 2. The van der Waals surface area contributed by atoms with E-state index in [0.29, 0.717) is 29.9 Å². The van der Waals surface area contributed by atoms with Crippen LogP contribution in [0.3, 0.4) is 0 Å². The van der Waals surface area contributed by atoms with Gasteiger partial charge in [-0.05, 0) is 92.1 Å². The first-order chi connectivity index (χ1) is 19.4. The average molecular weight is 544 g/mol. The van der Waals surface area contributed by atoms with E-state index in [9.17, 15) is 19.5 Å². The molecule has 0 aliphatic rings. The lowest BCUT2D eigenvalue weighted by molar-refractivity contribution is 0.0696. The van der Waals surface area contributed by atoms with Gasteiger partial charge in [0, 0.05) is 47.8 Å². The maximum Gasteiger partial charge on any atom is 0.335 e. The summed E-state index contributed by atoms with van der Waals surface area (Å²) in [6.45, 7) is 8.31. The normalized spacial score (nSPS) is 10.7. The summed E-state index contributed by atoms with van der Waals surface area (Å²) in [5, 5.41) is 12.6. The number of carboxylic acids is 1. The van der Waals surface area contributed by atoms with Gasteiger partial charge in [-0.1, -0.05) is 40.0 Å². The predicted octanol–water partition coefficient (Wildman–Crippen LogP) is 7.49. The van der Waals surface area contributed by atoms with Crippen LogP contribution in [0.25, 0.3) is 0 Å². The molecule has 3 rings (SSSR count). The Bertz CT molecular complexity index is 1240. The van der Waals surface area contributed by atoms with E-state index >= 15 is 0 Å². The van der Waals surface area contributed by atoms with Crippen molar-refractivity contribution >= 4 is 34.8 Å². The Balaban J connectivity index is 1.81. The Morgan fingerprint density at radius 1 is 0.600 bits per heavy atom. The number of anilines is 3. The highest BCUT2D eigenvalue weighted by molar-refractivity contribution is 6.08. The minimum atomic E-state index is -1.00. The number of carboxylic acid groups (broad SMARTS) is 1. The molecule has 2 amide bonds. The number of hydrogen-bond acceptors (Lipinski definition) is 4. The third-order valence-corrected chi connectivity index (χ3v) is 6.80. The number of nitrogens with one attached hydrogen (secondary N) is 1. The fourth-order valence-electron chi connectivity index (χ4n) is 4.35. The molecule has 0 radical (unpaired) electrons. The van der Waals surface area contributed by atoms with Crippen LogP contribution in [-0.4, -0.2) is 42.5 Å². The van der Waals surface area contributed by atoms with Crippen molar-refractivity contribution in [3.8, 4) is 0 Å². The van der Waals surface area contributed by atoms with Gasteiger partial charge in [0.05, 0.1) is 5.56 Å². The zero-order valence-electron chi connectivity index (χ0n) is 23.9. The molecule has 40 heavy (non-hydrogen) atoms. The second kappa shape index (κ2) is 15.5. The van der Waals surface area contributed by atoms with E-state index in [1.54, 1.807) is 34.1 Å². The monoisotopic (exact) mass is 543 g/mol. The van der Waals surface area contributed by atoms with E-state index in [0.717, 1.165) is 56.4 Å². The van der Waals surface area contributed by atoms with Gasteiger partial charge in [-0.25, -0.2) is 4.79 Å². The molecule has 0 unspecified atom stereocenters. The highest BCUT2D eigenvalue weighted by Gasteiger charge is 2.21. The summed E-state index contributed by atoms with van der Waals surface area (Å²) >= 11 is 0. The van der Waals surface area contributed by atoms with Crippen molar-refractivity contribution in [2.24, 2.45) is 0 Å². The molecule has 0 aliphatic carbocycles. The van der Waals surface area contributed by atoms with Gasteiger partial charge < -0.3 is 20.2 Å². The minimum Gasteiger partial charge on any atom is -0.478 e. The maximum atomic E-state index is 13.5. The first-order valence-electron chi connectivity index (χ1n) is 14.3. The first-order valence-corrected chi connectivity index (χ1v) is 14.3. The summed E-state index contributed by atoms with van der Waals surface area (Å²) in [5.74, 6) is -1.24. The number of carbonyl (C=O) groups is 3. The number of benzene rings is 3. The van der Waals surface area contributed by atoms with Crippen molar-refractivity contribution in [2.45, 2.75) is 59.3 Å². The summed E-state index contributed by atoms with van der Waals surface area (Å²) in [7, 11) is 0. The van der Waals surface area contributed by atoms with Crippen molar-refractivity contribution in [3.63, 3.8) is 0 Å². The zero-order valence-corrected chi connectivity index (χ0v) is 23.9. The number of carbonyl (C=O) groups excluding carboxylic acids is 2. The highest BCUT2D eigenvalue weighted by Crippen LogP contribution is 2.23. The predicted molar refractivity (Wildman–Crippen MR) is 163 cm³/mol. The number of rotatable bonds is 15. The SMILES string of the molecule is CCCCNc1ccc(C(=O)N(CCCC)c2ccc(C(=O)N(CCCC)c3ccc(C(=O)O)cc3)cc2)cc1. The van der Waals surface area contributed by atoms with Crippen LogP contribution < -0.4 is 15.1 Å². The van der Waals surface area contributed by atoms with Gasteiger partial charge in [-0.15, -0.1) is 0 Å². The lowest BCUT2D eigenvalue weighted by Crippen LogP contribution is -2.33. The van der Waals surface area contributed by atoms with Gasteiger partial charge in [0.25, 0.3) is 11.8 Å². The Morgan fingerprint density at radius 2 is 1.00 bits per heavy atom. The largest absolute Gasteiger partial charge is 0.478 e. The van der Waals surface area contributed by atoms with Crippen LogP contribution in [0.1, 0.15) is 90.4 Å². The molecular formula is C33H41N3O4. The van der Waals surface area contributed by atoms with Crippen LogP contribution >= 0.6 is 0 Å². The van der Waals surface area contributed by atoms with Crippen LogP contribution in [0.4, 0.5) is 17.1 Å². The van der Waals surface area contributed by atoms with Gasteiger partial charge in [-0.3, -0.25) is 9.59 Å². The second-order valence-electron chi connectivity index (χ2n) is 9.88. The molecule has 0 aliphatic heterocycles. The lowest BCUT2D eigenvalue weighted by atomic mass is 10.1. The molecule has 0 atom stereocenters. The fraction of sp³-hybridized carbons (Fsp3) is 0.364. The Kier molecular flexibility index (Phi) is 11.8. The smallest absolute Gasteiger partial charge is 0.335 e. The number of amides is 2. The molecule has 212 valence electrons. The van der Waals surface area contributed by atoms with E-state index in [1.165, 1.54) is 12.1 Å². The number of aromatic carboxylic acids is 1. The van der Waals surface area contributed by atoms with Crippen molar-refractivity contribution in [2.75, 3.05) is 34.8 Å². The van der Waals surface area contributed by atoms with Crippen LogP contribution in [0.2, 0.25) is 0 Å². The zero-order chi connectivity index (χ0) is 28.9. The lowest BCUT2D eigenvalue weighted by Gasteiger charge is -2.25. The second-order valence-corrected chi connectivity index (χ2v) is 9.88. The van der Waals surface area contributed by atoms with Crippen molar-refractivity contribution < 1.29 is 19.5 Å². The Hall–Kier alpha value is -4.13. The molecule has 0 spiro atoms. The van der Waals surface area contributed by atoms with Crippen LogP contribution in [0.15, 0.2) is 72.8 Å². The van der Waals surface area contributed by atoms with E-state index in [-0.39, 0.29) is 17.4 Å². The van der Waals surface area contributed by atoms with E-state index in [4.69, 9.17) is 0 Å². The minimum absolute atomic E-state index is 0.0734. The van der Waals surface area contributed by atoms with Crippen molar-refractivity contribution in [3.05, 3.63) is 89.5 Å². The third-order valence-electron chi connectivity index (χ3n) is 6.80. The van der Waals surface area contributed by atoms with Crippen molar-refractivity contribution in [1.82, 2.24) is 0 Å². The summed E-state index contributed by atoms with van der Waals surface area (Å²) in [4.78, 5) is 41.8. The van der Waals surface area contributed by atoms with Gasteiger partial charge in [0.15, 0.2) is 0 Å². The number of hydrogen-bond donors (Lipinski definition) is 2. The molecular weight excluding hydrogens is 502 g/mol. The summed E-state index contributed by atoms with van der Waals surface area (Å²) in [6, 6.07) is 21.1. The van der Waals surface area contributed by atoms with Gasteiger partial charge >= 0.3 is 5.97 Å². The standard InChI is InChI=1S/C33H41N3O4/c1-4-7-22-34-28-16-10-25(11-17-28)31(37)35(23-8-5-2)29-18-12-26(13-19-29)32(38)36(24-9-6-3)30-20-14-27(15-21-30)33(39)40/h10-21,34H,4-9,22-24H2,1-3H3,(H,39,40). The molecule has 2 N–H and O–H groups in total. The molecule has 7 heteroatoms. The molecule has 0 heterocycles. The molecule has 0 aromatic heterocycles. The molecule has 0 saturated heterocycles. The Morgan fingerprint density at radius 3 is 1.40 bits per heavy atom. The van der Waals surface area contributed by atoms with E-state index in [1.807, 2.05) is 36.4 Å². The third kappa shape index (κ3) is 8.18. The van der Waals surface area contributed by atoms with Crippen LogP contribution in [0.5, 0.6) is 0 Å². The molecule has 3 aromatic rings. The quantitative estimate of drug-likeness (QED) is 0.194. The molecule has 0 saturated carbocycles. The number of unbranched alkanes of at least 4 members (excludes halogenated alkanes) is 3. The van der Waals surface area contributed by atoms with Crippen molar-refractivity contribution in [1.29, 1.82) is 0 Å². The van der Waals surface area contributed by atoms with Gasteiger partial charge in [0.2, 0.25) is 0 Å². The van der Waals surface area contributed by atoms with Gasteiger partial charge in [-0.2, -0.15) is 0 Å².